The van der Waals surface area contributed by atoms with Crippen molar-refractivity contribution in [3.05, 3.63) is 45.7 Å². The van der Waals surface area contributed by atoms with E-state index < -0.39 is 11.5 Å². The van der Waals surface area contributed by atoms with Gasteiger partial charge in [0.1, 0.15) is 0 Å². The van der Waals surface area contributed by atoms with Crippen molar-refractivity contribution < 1.29 is 4.39 Å². The van der Waals surface area contributed by atoms with Crippen LogP contribution in [0.2, 0.25) is 5.02 Å². The van der Waals surface area contributed by atoms with Gasteiger partial charge in [0.25, 0.3) is 0 Å². The van der Waals surface area contributed by atoms with E-state index in [9.17, 15) is 9.18 Å². The molecule has 1 aliphatic heterocycles. The number of aryl methyl sites for hydroxylation is 1. The van der Waals surface area contributed by atoms with E-state index in [1.165, 1.54) is 7.05 Å². The van der Waals surface area contributed by atoms with Crippen LogP contribution in [-0.4, -0.2) is 46.9 Å². The first kappa shape index (κ1) is 23.1. The smallest absolute Gasteiger partial charge is 0.365 e. The molecule has 1 aromatic carbocycles. The van der Waals surface area contributed by atoms with Crippen LogP contribution in [0.5, 0.6) is 0 Å². The first-order chi connectivity index (χ1) is 15.4. The number of tetrazole rings is 1. The van der Waals surface area contributed by atoms with Gasteiger partial charge in [-0.05, 0) is 69.2 Å². The summed E-state index contributed by atoms with van der Waals surface area (Å²) in [6.07, 6.45) is 2.74. The first-order valence-corrected chi connectivity index (χ1v) is 10.9. The van der Waals surface area contributed by atoms with Crippen LogP contribution in [0.4, 0.5) is 21.8 Å². The summed E-state index contributed by atoms with van der Waals surface area (Å²) in [5, 5.41) is 17.8. The molecule has 0 bridgehead atoms. The fourth-order valence-corrected chi connectivity index (χ4v) is 4.75. The van der Waals surface area contributed by atoms with E-state index >= 15 is 0 Å². The number of anilines is 3. The molecule has 12 heteroatoms. The average molecular weight is 476 g/mol. The summed E-state index contributed by atoms with van der Waals surface area (Å²) in [6.45, 7) is 8.52. The van der Waals surface area contributed by atoms with Crippen molar-refractivity contribution in [1.29, 1.82) is 0 Å². The van der Waals surface area contributed by atoms with E-state index in [2.05, 4.69) is 64.0 Å². The van der Waals surface area contributed by atoms with Crippen molar-refractivity contribution in [3.63, 3.8) is 0 Å². The molecule has 0 radical (unpaired) electrons. The monoisotopic (exact) mass is 475 g/mol. The zero-order chi connectivity index (χ0) is 24.0. The lowest BCUT2D eigenvalue weighted by atomic mass is 9.79. The SMILES string of the molecule is Cn1nnn(-c2cc(Cl)cc(Nc3ncc(F)c(NC4CC(C)(C)NC(C)(C)C4)n3)c2)c1=O. The van der Waals surface area contributed by atoms with Crippen LogP contribution in [0.1, 0.15) is 40.5 Å². The molecule has 3 N–H and O–H groups in total. The Morgan fingerprint density at radius 1 is 1.15 bits per heavy atom. The van der Waals surface area contributed by atoms with Crippen LogP contribution < -0.4 is 21.6 Å². The molecule has 33 heavy (non-hydrogen) atoms. The Morgan fingerprint density at radius 3 is 2.48 bits per heavy atom. The topological polar surface area (TPSA) is 115 Å². The van der Waals surface area contributed by atoms with Crippen LogP contribution >= 0.6 is 11.6 Å². The van der Waals surface area contributed by atoms with Gasteiger partial charge in [0.2, 0.25) is 5.95 Å². The lowest BCUT2D eigenvalue weighted by molar-refractivity contribution is 0.170. The number of rotatable bonds is 5. The normalized spacial score (nSPS) is 17.7. The minimum absolute atomic E-state index is 0.0369. The molecule has 0 aliphatic carbocycles. The Bertz CT molecular complexity index is 1220. The lowest BCUT2D eigenvalue weighted by Crippen LogP contribution is -2.60. The summed E-state index contributed by atoms with van der Waals surface area (Å²) in [4.78, 5) is 20.6. The van der Waals surface area contributed by atoms with E-state index in [1.807, 2.05) is 0 Å². The molecular weight excluding hydrogens is 449 g/mol. The molecule has 4 rings (SSSR count). The van der Waals surface area contributed by atoms with E-state index in [0.29, 0.717) is 16.4 Å². The van der Waals surface area contributed by atoms with Gasteiger partial charge in [-0.2, -0.15) is 14.3 Å². The van der Waals surface area contributed by atoms with E-state index in [-0.39, 0.29) is 28.9 Å². The third-order valence-corrected chi connectivity index (χ3v) is 5.60. The van der Waals surface area contributed by atoms with Gasteiger partial charge in [-0.25, -0.2) is 14.2 Å². The molecule has 0 unspecified atom stereocenters. The van der Waals surface area contributed by atoms with Gasteiger partial charge in [0.05, 0.1) is 11.9 Å². The van der Waals surface area contributed by atoms with Crippen molar-refractivity contribution in [2.75, 3.05) is 10.6 Å². The van der Waals surface area contributed by atoms with E-state index in [1.54, 1.807) is 18.2 Å². The van der Waals surface area contributed by atoms with Crippen LogP contribution in [0.15, 0.2) is 29.2 Å². The molecule has 2 aromatic heterocycles. The molecule has 3 heterocycles. The highest BCUT2D eigenvalue weighted by Crippen LogP contribution is 2.31. The van der Waals surface area contributed by atoms with Gasteiger partial charge in [0, 0.05) is 34.9 Å². The largest absolute Gasteiger partial charge is 0.368 e. The van der Waals surface area contributed by atoms with Crippen molar-refractivity contribution >= 4 is 29.1 Å². The number of halogens is 2. The van der Waals surface area contributed by atoms with Crippen molar-refractivity contribution in [2.24, 2.45) is 7.05 Å². The fourth-order valence-electron chi connectivity index (χ4n) is 4.52. The fraction of sp³-hybridized carbons (Fsp3) is 0.476. The summed E-state index contributed by atoms with van der Waals surface area (Å²) in [5.74, 6) is -0.225. The highest BCUT2D eigenvalue weighted by molar-refractivity contribution is 6.31. The van der Waals surface area contributed by atoms with Gasteiger partial charge < -0.3 is 16.0 Å². The van der Waals surface area contributed by atoms with Crippen molar-refractivity contribution in [3.8, 4) is 5.69 Å². The Morgan fingerprint density at radius 2 is 1.85 bits per heavy atom. The van der Waals surface area contributed by atoms with Crippen molar-refractivity contribution in [2.45, 2.75) is 57.7 Å². The molecule has 1 saturated heterocycles. The number of hydrogen-bond donors (Lipinski definition) is 3. The van der Waals surface area contributed by atoms with Crippen LogP contribution in [0.25, 0.3) is 5.69 Å². The van der Waals surface area contributed by atoms with E-state index in [4.69, 9.17) is 11.6 Å². The molecule has 1 aliphatic rings. The Hall–Kier alpha value is -3.05. The summed E-state index contributed by atoms with van der Waals surface area (Å²) in [5.41, 5.74) is 0.319. The van der Waals surface area contributed by atoms with Gasteiger partial charge in [-0.15, -0.1) is 0 Å². The summed E-state index contributed by atoms with van der Waals surface area (Å²) < 4.78 is 16.8. The molecule has 0 saturated carbocycles. The molecule has 0 amide bonds. The minimum atomic E-state index is -0.535. The summed E-state index contributed by atoms with van der Waals surface area (Å²) in [7, 11) is 1.50. The maximum absolute atomic E-state index is 14.5. The van der Waals surface area contributed by atoms with E-state index in [0.717, 1.165) is 28.4 Å². The second-order valence-corrected chi connectivity index (χ2v) is 10.1. The molecule has 0 atom stereocenters. The quantitative estimate of drug-likeness (QED) is 0.516. The predicted octanol–water partition coefficient (Wildman–Crippen LogP) is 3.01. The lowest BCUT2D eigenvalue weighted by Gasteiger charge is -2.46. The summed E-state index contributed by atoms with van der Waals surface area (Å²) >= 11 is 6.23. The van der Waals surface area contributed by atoms with Gasteiger partial charge >= 0.3 is 5.69 Å². The Kier molecular flexibility index (Phi) is 5.87. The number of aromatic nitrogens is 6. The van der Waals surface area contributed by atoms with Gasteiger partial charge in [-0.1, -0.05) is 11.6 Å². The molecule has 3 aromatic rings. The van der Waals surface area contributed by atoms with Gasteiger partial charge in [0.15, 0.2) is 11.6 Å². The molecule has 176 valence electrons. The zero-order valence-corrected chi connectivity index (χ0v) is 19.9. The standard InChI is InChI=1S/C21H27ClFN9O/c1-20(2)9-14(10-21(3,4)28-20)25-17-16(23)11-24-18(27-17)26-13-6-12(22)7-15(8-13)32-19(33)31(5)29-30-32/h6-8,11,14,28H,9-10H2,1-5H3,(H2,24,25,26,27). The Balaban J connectivity index is 1.57. The number of nitrogens with zero attached hydrogens (tertiary/aromatic N) is 6. The molecule has 1 fully saturated rings. The van der Waals surface area contributed by atoms with Crippen LogP contribution in [0, 0.1) is 5.82 Å². The van der Waals surface area contributed by atoms with Crippen LogP contribution in [0.3, 0.4) is 0 Å². The molecular formula is C21H27ClFN9O. The average Bonchev–Trinajstić information content (AvgIpc) is 3.00. The third-order valence-electron chi connectivity index (χ3n) is 5.38. The highest BCUT2D eigenvalue weighted by atomic mass is 35.5. The summed E-state index contributed by atoms with van der Waals surface area (Å²) in [6, 6.07) is 4.92. The van der Waals surface area contributed by atoms with Crippen LogP contribution in [-0.2, 0) is 7.05 Å². The highest BCUT2D eigenvalue weighted by Gasteiger charge is 2.38. The third kappa shape index (κ3) is 5.31. The maximum atomic E-state index is 14.5. The second kappa shape index (κ2) is 8.38. The number of nitrogens with one attached hydrogen (secondary N) is 3. The first-order valence-electron chi connectivity index (χ1n) is 10.6. The Labute approximate surface area is 195 Å². The maximum Gasteiger partial charge on any atom is 0.368 e. The zero-order valence-electron chi connectivity index (χ0n) is 19.1. The van der Waals surface area contributed by atoms with Crippen molar-refractivity contribution in [1.82, 2.24) is 35.1 Å². The van der Waals surface area contributed by atoms with Gasteiger partial charge in [-0.3, -0.25) is 0 Å². The number of hydrogen-bond acceptors (Lipinski definition) is 8. The predicted molar refractivity (Wildman–Crippen MR) is 125 cm³/mol. The number of benzene rings is 1. The number of piperidine rings is 1. The molecule has 10 nitrogen and oxygen atoms in total. The minimum Gasteiger partial charge on any atom is -0.365 e. The molecule has 0 spiro atoms. The second-order valence-electron chi connectivity index (χ2n) is 9.65.